The third-order valence-corrected chi connectivity index (χ3v) is 3.78. The average molecular weight is 260 g/mol. The van der Waals surface area contributed by atoms with Gasteiger partial charge in [0.25, 0.3) is 0 Å². The number of aryl methyl sites for hydroxylation is 1. The molecular weight excluding hydrogens is 244 g/mol. The number of hydrogen-bond donors (Lipinski definition) is 2. The van der Waals surface area contributed by atoms with Crippen molar-refractivity contribution in [1.29, 1.82) is 0 Å². The van der Waals surface area contributed by atoms with Gasteiger partial charge >= 0.3 is 0 Å². The number of rotatable bonds is 4. The molecule has 1 amide bonds. The van der Waals surface area contributed by atoms with Crippen molar-refractivity contribution in [3.05, 3.63) is 51.7 Å². The van der Waals surface area contributed by atoms with Crippen LogP contribution in [0.15, 0.2) is 35.7 Å². The first kappa shape index (κ1) is 12.6. The van der Waals surface area contributed by atoms with Crippen LogP contribution in [0.3, 0.4) is 0 Å². The van der Waals surface area contributed by atoms with Gasteiger partial charge in [-0.1, -0.05) is 12.1 Å². The van der Waals surface area contributed by atoms with Crippen LogP contribution in [-0.2, 0) is 17.8 Å². The van der Waals surface area contributed by atoms with Crippen molar-refractivity contribution in [3.8, 4) is 0 Å². The minimum atomic E-state index is 0.0348. The van der Waals surface area contributed by atoms with E-state index < -0.39 is 0 Å². The summed E-state index contributed by atoms with van der Waals surface area (Å²) in [6.45, 7) is 2.66. The molecular formula is C14H16N2OS. The van der Waals surface area contributed by atoms with E-state index in [2.05, 4.69) is 18.3 Å². The lowest BCUT2D eigenvalue weighted by molar-refractivity contribution is -0.120. The molecule has 0 unspecified atom stereocenters. The van der Waals surface area contributed by atoms with Gasteiger partial charge in [-0.25, -0.2) is 0 Å². The van der Waals surface area contributed by atoms with Crippen LogP contribution in [0.2, 0.25) is 0 Å². The number of anilines is 1. The highest BCUT2D eigenvalue weighted by molar-refractivity contribution is 7.10. The maximum atomic E-state index is 11.8. The van der Waals surface area contributed by atoms with Crippen LogP contribution in [-0.4, -0.2) is 5.91 Å². The average Bonchev–Trinajstić information content (AvgIpc) is 2.75. The third kappa shape index (κ3) is 3.34. The van der Waals surface area contributed by atoms with E-state index in [0.717, 1.165) is 5.56 Å². The molecule has 1 aromatic heterocycles. The van der Waals surface area contributed by atoms with Crippen LogP contribution >= 0.6 is 11.3 Å². The zero-order valence-electron chi connectivity index (χ0n) is 10.3. The molecule has 94 valence electrons. The Balaban J connectivity index is 1.86. The first-order valence-electron chi connectivity index (χ1n) is 5.79. The molecule has 1 heterocycles. The summed E-state index contributed by atoms with van der Waals surface area (Å²) < 4.78 is 0. The first-order chi connectivity index (χ1) is 8.65. The summed E-state index contributed by atoms with van der Waals surface area (Å²) >= 11 is 1.67. The molecule has 0 aliphatic heterocycles. The van der Waals surface area contributed by atoms with E-state index in [9.17, 15) is 4.79 Å². The van der Waals surface area contributed by atoms with Crippen molar-refractivity contribution in [1.82, 2.24) is 5.32 Å². The fourth-order valence-corrected chi connectivity index (χ4v) is 2.49. The largest absolute Gasteiger partial charge is 0.399 e. The normalized spacial score (nSPS) is 10.3. The summed E-state index contributed by atoms with van der Waals surface area (Å²) in [6.07, 6.45) is 0.394. The molecule has 0 radical (unpaired) electrons. The van der Waals surface area contributed by atoms with Gasteiger partial charge in [-0.15, -0.1) is 11.3 Å². The fraction of sp³-hybridized carbons (Fsp3) is 0.214. The second-order valence-corrected chi connectivity index (χ2v) is 5.22. The molecule has 0 aliphatic rings. The van der Waals surface area contributed by atoms with E-state index in [0.29, 0.717) is 18.7 Å². The lowest BCUT2D eigenvalue weighted by atomic mass is 10.1. The van der Waals surface area contributed by atoms with E-state index in [1.807, 2.05) is 29.6 Å². The van der Waals surface area contributed by atoms with Crippen molar-refractivity contribution < 1.29 is 4.79 Å². The summed E-state index contributed by atoms with van der Waals surface area (Å²) in [6, 6.07) is 9.45. The van der Waals surface area contributed by atoms with Gasteiger partial charge in [0.1, 0.15) is 0 Å². The first-order valence-corrected chi connectivity index (χ1v) is 6.67. The number of hydrogen-bond acceptors (Lipinski definition) is 3. The van der Waals surface area contributed by atoms with Crippen LogP contribution < -0.4 is 11.1 Å². The fourth-order valence-electron chi connectivity index (χ4n) is 1.65. The molecule has 18 heavy (non-hydrogen) atoms. The number of thiophene rings is 1. The molecule has 0 saturated carbocycles. The van der Waals surface area contributed by atoms with E-state index in [1.54, 1.807) is 11.3 Å². The summed E-state index contributed by atoms with van der Waals surface area (Å²) in [5.41, 5.74) is 8.52. The molecule has 0 spiro atoms. The van der Waals surface area contributed by atoms with Crippen molar-refractivity contribution >= 4 is 22.9 Å². The lowest BCUT2D eigenvalue weighted by Gasteiger charge is -2.05. The molecule has 0 aliphatic carbocycles. The van der Waals surface area contributed by atoms with Crippen molar-refractivity contribution in [3.63, 3.8) is 0 Å². The van der Waals surface area contributed by atoms with E-state index in [1.165, 1.54) is 10.4 Å². The van der Waals surface area contributed by atoms with Crippen LogP contribution in [0.4, 0.5) is 5.69 Å². The lowest BCUT2D eigenvalue weighted by Crippen LogP contribution is -2.24. The standard InChI is InChI=1S/C14H16N2OS/c1-10-6-7-18-13(10)9-16-14(17)8-11-2-4-12(15)5-3-11/h2-7H,8-9,15H2,1H3,(H,16,17). The Morgan fingerprint density at radius 2 is 2.00 bits per heavy atom. The summed E-state index contributed by atoms with van der Waals surface area (Å²) in [5, 5.41) is 4.97. The topological polar surface area (TPSA) is 55.1 Å². The molecule has 3 nitrogen and oxygen atoms in total. The Kier molecular flexibility index (Phi) is 3.99. The minimum absolute atomic E-state index is 0.0348. The van der Waals surface area contributed by atoms with Gasteiger partial charge in [0.05, 0.1) is 13.0 Å². The molecule has 0 bridgehead atoms. The van der Waals surface area contributed by atoms with E-state index >= 15 is 0 Å². The Labute approximate surface area is 111 Å². The van der Waals surface area contributed by atoms with Gasteiger partial charge in [-0.2, -0.15) is 0 Å². The SMILES string of the molecule is Cc1ccsc1CNC(=O)Cc1ccc(N)cc1. The number of nitrogens with two attached hydrogens (primary N) is 1. The van der Waals surface area contributed by atoms with Gasteiger partial charge in [-0.3, -0.25) is 4.79 Å². The second kappa shape index (κ2) is 5.69. The zero-order chi connectivity index (χ0) is 13.0. The highest BCUT2D eigenvalue weighted by Gasteiger charge is 2.05. The minimum Gasteiger partial charge on any atom is -0.399 e. The summed E-state index contributed by atoms with van der Waals surface area (Å²) in [5.74, 6) is 0.0348. The predicted molar refractivity (Wildman–Crippen MR) is 75.5 cm³/mol. The predicted octanol–water partition coefficient (Wildman–Crippen LogP) is 2.50. The Morgan fingerprint density at radius 1 is 1.28 bits per heavy atom. The molecule has 0 saturated heterocycles. The smallest absolute Gasteiger partial charge is 0.224 e. The Morgan fingerprint density at radius 3 is 2.61 bits per heavy atom. The molecule has 2 aromatic rings. The molecule has 2 rings (SSSR count). The quantitative estimate of drug-likeness (QED) is 0.830. The van der Waals surface area contributed by atoms with Crippen LogP contribution in [0.1, 0.15) is 16.0 Å². The number of nitrogen functional groups attached to an aromatic ring is 1. The van der Waals surface area contributed by atoms with Crippen molar-refractivity contribution in [2.24, 2.45) is 0 Å². The van der Waals surface area contributed by atoms with Crippen molar-refractivity contribution in [2.75, 3.05) is 5.73 Å². The van der Waals surface area contributed by atoms with Gasteiger partial charge in [0, 0.05) is 10.6 Å². The molecule has 0 atom stereocenters. The number of benzene rings is 1. The molecule has 3 N–H and O–H groups in total. The third-order valence-electron chi connectivity index (χ3n) is 2.76. The van der Waals surface area contributed by atoms with Gasteiger partial charge in [0.15, 0.2) is 0 Å². The molecule has 1 aromatic carbocycles. The Hall–Kier alpha value is -1.81. The highest BCUT2D eigenvalue weighted by atomic mass is 32.1. The van der Waals surface area contributed by atoms with Crippen LogP contribution in [0, 0.1) is 6.92 Å². The number of carbonyl (C=O) groups excluding carboxylic acids is 1. The maximum absolute atomic E-state index is 11.8. The number of nitrogens with one attached hydrogen (secondary N) is 1. The second-order valence-electron chi connectivity index (χ2n) is 4.22. The van der Waals surface area contributed by atoms with Gasteiger partial charge in [0.2, 0.25) is 5.91 Å². The molecule has 4 heteroatoms. The van der Waals surface area contributed by atoms with Crippen molar-refractivity contribution in [2.45, 2.75) is 19.9 Å². The number of amides is 1. The summed E-state index contributed by atoms with van der Waals surface area (Å²) in [4.78, 5) is 13.0. The highest BCUT2D eigenvalue weighted by Crippen LogP contribution is 2.14. The van der Waals surface area contributed by atoms with E-state index in [4.69, 9.17) is 5.73 Å². The van der Waals surface area contributed by atoms with Crippen LogP contribution in [0.5, 0.6) is 0 Å². The van der Waals surface area contributed by atoms with Gasteiger partial charge in [-0.05, 0) is 41.6 Å². The monoisotopic (exact) mass is 260 g/mol. The molecule has 0 fully saturated rings. The summed E-state index contributed by atoms with van der Waals surface area (Å²) in [7, 11) is 0. The van der Waals surface area contributed by atoms with E-state index in [-0.39, 0.29) is 5.91 Å². The maximum Gasteiger partial charge on any atom is 0.224 e. The Bertz CT molecular complexity index is 531. The van der Waals surface area contributed by atoms with Gasteiger partial charge < -0.3 is 11.1 Å². The zero-order valence-corrected chi connectivity index (χ0v) is 11.1. The number of carbonyl (C=O) groups is 1. The van der Waals surface area contributed by atoms with Crippen LogP contribution in [0.25, 0.3) is 0 Å².